The third-order valence-electron chi connectivity index (χ3n) is 5.77. The van der Waals surface area contributed by atoms with Gasteiger partial charge in [0.2, 0.25) is 21.8 Å². The van der Waals surface area contributed by atoms with Crippen molar-refractivity contribution >= 4 is 33.2 Å². The minimum absolute atomic E-state index is 0.0466. The number of nitrogens with zero attached hydrogens (tertiary/aromatic N) is 1. The van der Waals surface area contributed by atoms with Crippen molar-refractivity contribution in [3.05, 3.63) is 42.0 Å². The van der Waals surface area contributed by atoms with Crippen LogP contribution in [0.15, 0.2) is 41.3 Å². The predicted octanol–water partition coefficient (Wildman–Crippen LogP) is 2.94. The Hall–Kier alpha value is -3.11. The highest BCUT2D eigenvalue weighted by Gasteiger charge is 2.32. The molecule has 0 saturated carbocycles. The zero-order chi connectivity index (χ0) is 25.2. The van der Waals surface area contributed by atoms with Gasteiger partial charge in [-0.3, -0.25) is 9.59 Å². The fraction of sp³-hybridized carbons (Fsp3) is 0.417. The molecule has 2 amide bonds. The fourth-order valence-corrected chi connectivity index (χ4v) is 5.48. The predicted molar refractivity (Wildman–Crippen MR) is 130 cm³/mol. The number of anilines is 2. The molecule has 34 heavy (non-hydrogen) atoms. The SMILES string of the molecule is COc1cc(NC(=O)C(NS(=O)(=O)c2ccc3c(c2)CC(C)N3C(C)=O)C(C)C)cc(OC)c1. The lowest BCUT2D eigenvalue weighted by Gasteiger charge is -2.22. The molecule has 0 aliphatic carbocycles. The van der Waals surface area contributed by atoms with Gasteiger partial charge < -0.3 is 19.7 Å². The number of carbonyl (C=O) groups is 2. The van der Waals surface area contributed by atoms with Crippen molar-refractivity contribution in [3.8, 4) is 11.5 Å². The van der Waals surface area contributed by atoms with Gasteiger partial charge in [0.15, 0.2) is 0 Å². The molecule has 0 saturated heterocycles. The summed E-state index contributed by atoms with van der Waals surface area (Å²) in [5.41, 5.74) is 1.91. The Bertz CT molecular complexity index is 1170. The standard InChI is InChI=1S/C24H31N3O6S/c1-14(2)23(24(29)25-18-11-19(32-5)13-20(12-18)33-6)26-34(30,31)21-7-8-22-17(10-21)9-15(3)27(22)16(4)28/h7-8,10-15,23,26H,9H2,1-6H3,(H,25,29). The second-order valence-electron chi connectivity index (χ2n) is 8.67. The molecule has 0 fully saturated rings. The van der Waals surface area contributed by atoms with Crippen LogP contribution in [0.2, 0.25) is 0 Å². The van der Waals surface area contributed by atoms with Crippen LogP contribution >= 0.6 is 0 Å². The van der Waals surface area contributed by atoms with Crippen molar-refractivity contribution in [2.24, 2.45) is 5.92 Å². The van der Waals surface area contributed by atoms with Crippen LogP contribution in [0.1, 0.15) is 33.3 Å². The van der Waals surface area contributed by atoms with E-state index in [1.54, 1.807) is 49.1 Å². The van der Waals surface area contributed by atoms with Gasteiger partial charge in [-0.25, -0.2) is 8.42 Å². The highest BCUT2D eigenvalue weighted by molar-refractivity contribution is 7.89. The zero-order valence-corrected chi connectivity index (χ0v) is 21.0. The zero-order valence-electron chi connectivity index (χ0n) is 20.2. The number of benzene rings is 2. The van der Waals surface area contributed by atoms with Crippen LogP contribution in [-0.4, -0.2) is 46.5 Å². The lowest BCUT2D eigenvalue weighted by Crippen LogP contribution is -2.47. The Kier molecular flexibility index (Phi) is 7.52. The van der Waals surface area contributed by atoms with E-state index in [0.29, 0.717) is 29.3 Å². The van der Waals surface area contributed by atoms with E-state index < -0.39 is 22.0 Å². The van der Waals surface area contributed by atoms with Gasteiger partial charge in [-0.05, 0) is 43.0 Å². The number of fused-ring (bicyclic) bond motifs is 1. The van der Waals surface area contributed by atoms with Crippen molar-refractivity contribution in [1.29, 1.82) is 0 Å². The van der Waals surface area contributed by atoms with E-state index in [4.69, 9.17) is 9.47 Å². The van der Waals surface area contributed by atoms with E-state index in [0.717, 1.165) is 5.56 Å². The summed E-state index contributed by atoms with van der Waals surface area (Å²) in [6, 6.07) is 8.50. The molecule has 1 aliphatic heterocycles. The van der Waals surface area contributed by atoms with Gasteiger partial charge in [-0.2, -0.15) is 4.72 Å². The lowest BCUT2D eigenvalue weighted by molar-refractivity contribution is -0.118. The van der Waals surface area contributed by atoms with Gasteiger partial charge >= 0.3 is 0 Å². The van der Waals surface area contributed by atoms with Crippen LogP contribution in [0.4, 0.5) is 11.4 Å². The highest BCUT2D eigenvalue weighted by atomic mass is 32.2. The Labute approximate surface area is 200 Å². The summed E-state index contributed by atoms with van der Waals surface area (Å²) >= 11 is 0. The summed E-state index contributed by atoms with van der Waals surface area (Å²) in [6.45, 7) is 6.92. The molecule has 2 atom stereocenters. The van der Waals surface area contributed by atoms with Crippen LogP contribution in [0.25, 0.3) is 0 Å². The van der Waals surface area contributed by atoms with Crippen molar-refractivity contribution in [3.63, 3.8) is 0 Å². The van der Waals surface area contributed by atoms with E-state index in [1.165, 1.54) is 27.2 Å². The summed E-state index contributed by atoms with van der Waals surface area (Å²) in [6.07, 6.45) is 0.560. The molecule has 0 spiro atoms. The molecule has 0 bridgehead atoms. The van der Waals surface area contributed by atoms with E-state index in [2.05, 4.69) is 10.0 Å². The second kappa shape index (κ2) is 10.0. The van der Waals surface area contributed by atoms with Gasteiger partial charge in [0.05, 0.1) is 19.1 Å². The number of methoxy groups -OCH3 is 2. The van der Waals surface area contributed by atoms with Gasteiger partial charge in [0.25, 0.3) is 0 Å². The number of hydrogen-bond donors (Lipinski definition) is 2. The molecule has 2 aromatic rings. The maximum Gasteiger partial charge on any atom is 0.242 e. The summed E-state index contributed by atoms with van der Waals surface area (Å²) < 4.78 is 39.4. The number of amides is 2. The molecule has 1 aliphatic rings. The van der Waals surface area contributed by atoms with Crippen LogP contribution in [0.5, 0.6) is 11.5 Å². The van der Waals surface area contributed by atoms with Crippen LogP contribution in [-0.2, 0) is 26.0 Å². The van der Waals surface area contributed by atoms with Crippen molar-refractivity contribution in [2.45, 2.75) is 51.1 Å². The molecule has 9 nitrogen and oxygen atoms in total. The molecular weight excluding hydrogens is 458 g/mol. The number of rotatable bonds is 8. The molecule has 10 heteroatoms. The van der Waals surface area contributed by atoms with E-state index in [-0.39, 0.29) is 22.8 Å². The Morgan fingerprint density at radius 2 is 1.68 bits per heavy atom. The first-order valence-electron chi connectivity index (χ1n) is 11.0. The quantitative estimate of drug-likeness (QED) is 0.589. The number of nitrogens with one attached hydrogen (secondary N) is 2. The molecule has 0 radical (unpaired) electrons. The van der Waals surface area contributed by atoms with E-state index in [1.807, 2.05) is 6.92 Å². The number of sulfonamides is 1. The van der Waals surface area contributed by atoms with Gasteiger partial charge in [0.1, 0.15) is 17.5 Å². The lowest BCUT2D eigenvalue weighted by atomic mass is 10.0. The first kappa shape index (κ1) is 25.5. The van der Waals surface area contributed by atoms with Crippen LogP contribution in [0.3, 0.4) is 0 Å². The largest absolute Gasteiger partial charge is 0.497 e. The third-order valence-corrected chi connectivity index (χ3v) is 7.21. The van der Waals surface area contributed by atoms with Crippen molar-refractivity contribution in [1.82, 2.24) is 4.72 Å². The number of ether oxygens (including phenoxy) is 2. The summed E-state index contributed by atoms with van der Waals surface area (Å²) in [5.74, 6) is 0.0497. The second-order valence-corrected chi connectivity index (χ2v) is 10.4. The molecule has 1 heterocycles. The molecule has 2 unspecified atom stereocenters. The van der Waals surface area contributed by atoms with Gasteiger partial charge in [0, 0.05) is 42.5 Å². The maximum absolute atomic E-state index is 13.2. The normalized spacial score (nSPS) is 16.2. The molecular formula is C24H31N3O6S. The monoisotopic (exact) mass is 489 g/mol. The minimum atomic E-state index is -4.01. The maximum atomic E-state index is 13.2. The molecule has 2 N–H and O–H groups in total. The first-order chi connectivity index (χ1) is 16.0. The smallest absolute Gasteiger partial charge is 0.242 e. The third kappa shape index (κ3) is 5.34. The Balaban J connectivity index is 1.84. The Morgan fingerprint density at radius 1 is 1.06 bits per heavy atom. The average molecular weight is 490 g/mol. The number of carbonyl (C=O) groups excluding carboxylic acids is 2. The molecule has 0 aromatic heterocycles. The summed E-state index contributed by atoms with van der Waals surface area (Å²) in [5, 5.41) is 2.74. The highest BCUT2D eigenvalue weighted by Crippen LogP contribution is 2.34. The minimum Gasteiger partial charge on any atom is -0.497 e. The van der Waals surface area contributed by atoms with Gasteiger partial charge in [-0.1, -0.05) is 13.8 Å². The molecule has 2 aromatic carbocycles. The topological polar surface area (TPSA) is 114 Å². The number of hydrogen-bond acceptors (Lipinski definition) is 6. The van der Waals surface area contributed by atoms with Crippen molar-refractivity contribution in [2.75, 3.05) is 24.4 Å². The van der Waals surface area contributed by atoms with E-state index in [9.17, 15) is 18.0 Å². The van der Waals surface area contributed by atoms with Gasteiger partial charge in [-0.15, -0.1) is 0 Å². The average Bonchev–Trinajstić information content (AvgIpc) is 3.11. The van der Waals surface area contributed by atoms with Crippen molar-refractivity contribution < 1.29 is 27.5 Å². The van der Waals surface area contributed by atoms with Crippen LogP contribution in [0, 0.1) is 5.92 Å². The van der Waals surface area contributed by atoms with E-state index >= 15 is 0 Å². The molecule has 184 valence electrons. The molecule has 3 rings (SSSR count). The van der Waals surface area contributed by atoms with Crippen LogP contribution < -0.4 is 24.4 Å². The Morgan fingerprint density at radius 3 is 2.21 bits per heavy atom. The summed E-state index contributed by atoms with van der Waals surface area (Å²) in [7, 11) is -1.01. The summed E-state index contributed by atoms with van der Waals surface area (Å²) in [4.78, 5) is 26.7. The first-order valence-corrected chi connectivity index (χ1v) is 12.4. The fourth-order valence-electron chi connectivity index (χ4n) is 4.08.